The number of para-hydroxylation sites is 1. The number of carbonyl (C=O) groups is 2. The lowest BCUT2D eigenvalue weighted by molar-refractivity contribution is -0.135. The Morgan fingerprint density at radius 3 is 2.72 bits per heavy atom. The Labute approximate surface area is 183 Å². The number of carbonyl (C=O) groups excluding carboxylic acids is 2. The molecule has 0 unspecified atom stereocenters. The third-order valence-corrected chi connectivity index (χ3v) is 4.96. The first-order valence-corrected chi connectivity index (χ1v) is 10.0. The van der Waals surface area contributed by atoms with Crippen molar-refractivity contribution in [1.29, 1.82) is 0 Å². The van der Waals surface area contributed by atoms with Crippen molar-refractivity contribution >= 4 is 28.5 Å². The first-order chi connectivity index (χ1) is 15.5. The number of hydrogen-bond donors (Lipinski definition) is 1. The zero-order valence-corrected chi connectivity index (χ0v) is 17.5. The van der Waals surface area contributed by atoms with E-state index in [0.29, 0.717) is 22.5 Å². The van der Waals surface area contributed by atoms with Crippen LogP contribution in [0.3, 0.4) is 0 Å². The molecule has 0 fully saturated rings. The standard InChI is InChI=1S/C22H22N6O4/c1-26-21-18(12-24-26)22(31)27(15-23-21)10-9-20(30)28(13-17-8-5-11-32-17)14-19(29)25-16-6-3-2-4-7-16/h2-8,11-12,15H,9-10,13-14H2,1H3,(H,25,29). The Bertz CT molecular complexity index is 1280. The van der Waals surface area contributed by atoms with Crippen LogP contribution in [0.4, 0.5) is 5.69 Å². The average Bonchev–Trinajstić information content (AvgIpc) is 3.43. The molecule has 2 amide bonds. The summed E-state index contributed by atoms with van der Waals surface area (Å²) in [6, 6.07) is 12.5. The lowest BCUT2D eigenvalue weighted by Crippen LogP contribution is -2.38. The van der Waals surface area contributed by atoms with Gasteiger partial charge in [-0.25, -0.2) is 4.98 Å². The molecule has 0 spiro atoms. The van der Waals surface area contributed by atoms with E-state index in [0.717, 1.165) is 0 Å². The minimum Gasteiger partial charge on any atom is -0.467 e. The van der Waals surface area contributed by atoms with E-state index in [4.69, 9.17) is 4.42 Å². The average molecular weight is 434 g/mol. The summed E-state index contributed by atoms with van der Waals surface area (Å²) >= 11 is 0. The van der Waals surface area contributed by atoms with Crippen LogP contribution in [0.2, 0.25) is 0 Å². The summed E-state index contributed by atoms with van der Waals surface area (Å²) in [5.41, 5.74) is 0.857. The molecule has 0 bridgehead atoms. The molecule has 0 aliphatic rings. The lowest BCUT2D eigenvalue weighted by Gasteiger charge is -2.21. The Kier molecular flexibility index (Phi) is 6.11. The minimum absolute atomic E-state index is 0.0205. The summed E-state index contributed by atoms with van der Waals surface area (Å²) in [7, 11) is 1.70. The molecule has 10 heteroatoms. The van der Waals surface area contributed by atoms with E-state index in [1.54, 1.807) is 31.3 Å². The number of rotatable bonds is 8. The predicted molar refractivity (Wildman–Crippen MR) is 117 cm³/mol. The van der Waals surface area contributed by atoms with Crippen molar-refractivity contribution in [1.82, 2.24) is 24.2 Å². The number of hydrogen-bond acceptors (Lipinski definition) is 6. The van der Waals surface area contributed by atoms with E-state index >= 15 is 0 Å². The molecule has 4 rings (SSSR count). The molecule has 0 saturated carbocycles. The largest absolute Gasteiger partial charge is 0.467 e. The molecule has 32 heavy (non-hydrogen) atoms. The molecular formula is C22H22N6O4. The summed E-state index contributed by atoms with van der Waals surface area (Å²) in [6.07, 6.45) is 4.39. The minimum atomic E-state index is -0.327. The molecule has 0 saturated heterocycles. The zero-order chi connectivity index (χ0) is 22.5. The van der Waals surface area contributed by atoms with Gasteiger partial charge in [0.2, 0.25) is 11.8 Å². The van der Waals surface area contributed by atoms with Crippen LogP contribution in [0, 0.1) is 0 Å². The maximum atomic E-state index is 13.0. The van der Waals surface area contributed by atoms with Gasteiger partial charge in [0.15, 0.2) is 5.65 Å². The van der Waals surface area contributed by atoms with E-state index in [2.05, 4.69) is 15.4 Å². The molecule has 1 aromatic carbocycles. The normalized spacial score (nSPS) is 10.9. The molecule has 3 heterocycles. The van der Waals surface area contributed by atoms with E-state index in [9.17, 15) is 14.4 Å². The molecule has 0 aliphatic heterocycles. The number of furan rings is 1. The molecule has 0 radical (unpaired) electrons. The van der Waals surface area contributed by atoms with E-state index < -0.39 is 0 Å². The number of fused-ring (bicyclic) bond motifs is 1. The van der Waals surface area contributed by atoms with Crippen LogP contribution < -0.4 is 10.9 Å². The highest BCUT2D eigenvalue weighted by molar-refractivity contribution is 5.94. The number of anilines is 1. The molecule has 4 aromatic rings. The number of amides is 2. The summed E-state index contributed by atoms with van der Waals surface area (Å²) in [6.45, 7) is 0.122. The van der Waals surface area contributed by atoms with Gasteiger partial charge in [-0.15, -0.1) is 0 Å². The van der Waals surface area contributed by atoms with Gasteiger partial charge in [0.05, 0.1) is 25.3 Å². The second kappa shape index (κ2) is 9.29. The quantitative estimate of drug-likeness (QED) is 0.452. The summed E-state index contributed by atoms with van der Waals surface area (Å²) in [5.74, 6) is -0.0593. The van der Waals surface area contributed by atoms with Crippen molar-refractivity contribution in [3.05, 3.63) is 77.4 Å². The van der Waals surface area contributed by atoms with Gasteiger partial charge in [0, 0.05) is 25.7 Å². The molecule has 164 valence electrons. The van der Waals surface area contributed by atoms with Gasteiger partial charge >= 0.3 is 0 Å². The number of benzene rings is 1. The monoisotopic (exact) mass is 434 g/mol. The Morgan fingerprint density at radius 2 is 1.97 bits per heavy atom. The van der Waals surface area contributed by atoms with Gasteiger partial charge in [0.1, 0.15) is 17.7 Å². The van der Waals surface area contributed by atoms with Crippen LogP contribution in [-0.4, -0.2) is 42.6 Å². The van der Waals surface area contributed by atoms with Crippen LogP contribution in [0.25, 0.3) is 11.0 Å². The summed E-state index contributed by atoms with van der Waals surface area (Å²) in [5, 5.41) is 7.20. The smallest absolute Gasteiger partial charge is 0.264 e. The Balaban J connectivity index is 1.45. The summed E-state index contributed by atoms with van der Waals surface area (Å²) in [4.78, 5) is 43.8. The van der Waals surface area contributed by atoms with Gasteiger partial charge in [-0.3, -0.25) is 23.6 Å². The first-order valence-electron chi connectivity index (χ1n) is 10.0. The zero-order valence-electron chi connectivity index (χ0n) is 17.5. The van der Waals surface area contributed by atoms with E-state index in [1.165, 1.54) is 32.9 Å². The third-order valence-electron chi connectivity index (χ3n) is 4.96. The van der Waals surface area contributed by atoms with Crippen molar-refractivity contribution in [2.45, 2.75) is 19.5 Å². The van der Waals surface area contributed by atoms with Crippen LogP contribution >= 0.6 is 0 Å². The Hall–Kier alpha value is -4.21. The molecular weight excluding hydrogens is 412 g/mol. The number of aryl methyl sites for hydroxylation is 2. The van der Waals surface area contributed by atoms with Crippen LogP contribution in [0.5, 0.6) is 0 Å². The third kappa shape index (κ3) is 4.75. The Morgan fingerprint density at radius 1 is 1.16 bits per heavy atom. The second-order valence-electron chi connectivity index (χ2n) is 7.24. The first kappa shape index (κ1) is 21.0. The fourth-order valence-electron chi connectivity index (χ4n) is 3.32. The molecule has 1 N–H and O–H groups in total. The SMILES string of the molecule is Cn1ncc2c(=O)n(CCC(=O)N(CC(=O)Nc3ccccc3)Cc3ccco3)cnc21. The number of nitrogens with one attached hydrogen (secondary N) is 1. The molecule has 10 nitrogen and oxygen atoms in total. The van der Waals surface area contributed by atoms with Gasteiger partial charge < -0.3 is 14.6 Å². The van der Waals surface area contributed by atoms with Crippen molar-refractivity contribution in [2.24, 2.45) is 7.05 Å². The van der Waals surface area contributed by atoms with Gasteiger partial charge in [-0.2, -0.15) is 5.10 Å². The molecule has 0 aliphatic carbocycles. The topological polar surface area (TPSA) is 115 Å². The lowest BCUT2D eigenvalue weighted by atomic mass is 10.3. The number of aromatic nitrogens is 4. The van der Waals surface area contributed by atoms with E-state index in [1.807, 2.05) is 18.2 Å². The highest BCUT2D eigenvalue weighted by Crippen LogP contribution is 2.10. The second-order valence-corrected chi connectivity index (χ2v) is 7.24. The number of nitrogens with zero attached hydrogens (tertiary/aromatic N) is 5. The van der Waals surface area contributed by atoms with E-state index in [-0.39, 0.29) is 43.4 Å². The fraction of sp³-hybridized carbons (Fsp3) is 0.227. The maximum absolute atomic E-state index is 13.0. The van der Waals surface area contributed by atoms with Crippen LogP contribution in [-0.2, 0) is 29.7 Å². The van der Waals surface area contributed by atoms with Crippen molar-refractivity contribution < 1.29 is 14.0 Å². The van der Waals surface area contributed by atoms with Gasteiger partial charge in [0.25, 0.3) is 5.56 Å². The maximum Gasteiger partial charge on any atom is 0.264 e. The predicted octanol–water partition coefficient (Wildman–Crippen LogP) is 1.78. The van der Waals surface area contributed by atoms with Gasteiger partial charge in [-0.1, -0.05) is 18.2 Å². The van der Waals surface area contributed by atoms with Gasteiger partial charge in [-0.05, 0) is 24.3 Å². The molecule has 0 atom stereocenters. The van der Waals surface area contributed by atoms with Crippen LogP contribution in [0.15, 0.2) is 70.5 Å². The molecule has 3 aromatic heterocycles. The van der Waals surface area contributed by atoms with Crippen molar-refractivity contribution in [3.63, 3.8) is 0 Å². The summed E-state index contributed by atoms with van der Waals surface area (Å²) < 4.78 is 8.23. The highest BCUT2D eigenvalue weighted by Gasteiger charge is 2.19. The van der Waals surface area contributed by atoms with Crippen molar-refractivity contribution in [3.8, 4) is 0 Å². The highest BCUT2D eigenvalue weighted by atomic mass is 16.3. The fourth-order valence-corrected chi connectivity index (χ4v) is 3.32. The van der Waals surface area contributed by atoms with Crippen molar-refractivity contribution in [2.75, 3.05) is 11.9 Å². The van der Waals surface area contributed by atoms with Crippen LogP contribution in [0.1, 0.15) is 12.2 Å².